The number of thiazole rings is 1. The Morgan fingerprint density at radius 3 is 2.37 bits per heavy atom. The monoisotopic (exact) mass is 637 g/mol. The fourth-order valence-electron chi connectivity index (χ4n) is 4.65. The second-order valence-corrected chi connectivity index (χ2v) is 11.2. The summed E-state index contributed by atoms with van der Waals surface area (Å²) in [5.74, 6) is -0.855. The van der Waals surface area contributed by atoms with Crippen LogP contribution in [0.25, 0.3) is 6.08 Å². The Hall–Kier alpha value is -4.38. The number of ether oxygens (including phenoxy) is 2. The quantitative estimate of drug-likeness (QED) is 0.265. The Morgan fingerprint density at radius 2 is 1.74 bits per heavy atom. The topological polar surface area (TPSA) is 119 Å². The van der Waals surface area contributed by atoms with Crippen molar-refractivity contribution in [2.45, 2.75) is 19.9 Å². The van der Waals surface area contributed by atoms with Crippen LogP contribution in [0.15, 0.2) is 87.8 Å². The maximum atomic E-state index is 14.0. The van der Waals surface area contributed by atoms with Crippen LogP contribution in [0.4, 0.5) is 5.69 Å². The third-order valence-electron chi connectivity index (χ3n) is 6.46. The number of anilines is 1. The summed E-state index contributed by atoms with van der Waals surface area (Å²) < 4.78 is 12.6. The predicted molar refractivity (Wildman–Crippen MR) is 166 cm³/mol. The minimum Gasteiger partial charge on any atom is -0.494 e. The van der Waals surface area contributed by atoms with E-state index in [0.717, 1.165) is 11.3 Å². The number of carboxylic acids is 1. The smallest absolute Gasteiger partial charge is 0.341 e. The summed E-state index contributed by atoms with van der Waals surface area (Å²) in [5.41, 5.74) is 2.26. The number of carboxylic acid groups (broad SMARTS) is 1. The van der Waals surface area contributed by atoms with Gasteiger partial charge in [-0.15, -0.1) is 0 Å². The molecule has 3 aromatic carbocycles. The van der Waals surface area contributed by atoms with Gasteiger partial charge in [-0.2, -0.15) is 0 Å². The van der Waals surface area contributed by atoms with Crippen LogP contribution in [0.2, 0.25) is 10.0 Å². The zero-order valence-electron chi connectivity index (χ0n) is 23.0. The van der Waals surface area contributed by atoms with Gasteiger partial charge in [-0.1, -0.05) is 64.9 Å². The SMILES string of the molecule is CCOc1ccc([C@@H]2C(C(=O)Nc3ccccc3)=C(C)N=c3s/c(=C\c4cc(Cl)c(OCC(=O)O)c(Cl)c4)c(=O)n32)cc1. The van der Waals surface area contributed by atoms with Gasteiger partial charge in [0, 0.05) is 5.69 Å². The van der Waals surface area contributed by atoms with Crippen LogP contribution in [0.5, 0.6) is 11.5 Å². The van der Waals surface area contributed by atoms with Crippen LogP contribution in [-0.4, -0.2) is 34.8 Å². The lowest BCUT2D eigenvalue weighted by atomic mass is 9.95. The molecule has 4 aromatic rings. The van der Waals surface area contributed by atoms with Crippen LogP contribution in [0.1, 0.15) is 31.0 Å². The van der Waals surface area contributed by atoms with E-state index in [-0.39, 0.29) is 27.3 Å². The van der Waals surface area contributed by atoms with Crippen LogP contribution in [0, 0.1) is 0 Å². The van der Waals surface area contributed by atoms with Gasteiger partial charge in [0.2, 0.25) is 0 Å². The highest BCUT2D eigenvalue weighted by Gasteiger charge is 2.32. The van der Waals surface area contributed by atoms with Gasteiger partial charge >= 0.3 is 5.97 Å². The summed E-state index contributed by atoms with van der Waals surface area (Å²) in [4.78, 5) is 43.6. The van der Waals surface area contributed by atoms with Crippen molar-refractivity contribution in [3.8, 4) is 11.5 Å². The predicted octanol–water partition coefficient (Wildman–Crippen LogP) is 5.04. The number of hydrogen-bond donors (Lipinski definition) is 2. The summed E-state index contributed by atoms with van der Waals surface area (Å²) in [7, 11) is 0. The number of fused-ring (bicyclic) bond motifs is 1. The molecule has 43 heavy (non-hydrogen) atoms. The number of carbonyl (C=O) groups excluding carboxylic acids is 1. The lowest BCUT2D eigenvalue weighted by molar-refractivity contribution is -0.139. The van der Waals surface area contributed by atoms with Crippen LogP contribution in [-0.2, 0) is 9.59 Å². The molecule has 0 aliphatic carbocycles. The lowest BCUT2D eigenvalue weighted by Gasteiger charge is -2.25. The van der Waals surface area contributed by atoms with Gasteiger partial charge < -0.3 is 19.9 Å². The molecule has 1 aliphatic heterocycles. The average Bonchev–Trinajstić information content (AvgIpc) is 3.26. The fourth-order valence-corrected chi connectivity index (χ4v) is 6.31. The van der Waals surface area contributed by atoms with Crippen molar-refractivity contribution in [1.82, 2.24) is 4.57 Å². The highest BCUT2D eigenvalue weighted by molar-refractivity contribution is 7.07. The van der Waals surface area contributed by atoms with Crippen molar-refractivity contribution < 1.29 is 24.2 Å². The van der Waals surface area contributed by atoms with Crippen LogP contribution >= 0.6 is 34.5 Å². The molecule has 5 rings (SSSR count). The molecule has 0 radical (unpaired) electrons. The minimum atomic E-state index is -1.17. The van der Waals surface area contributed by atoms with Gasteiger partial charge in [0.05, 0.1) is 38.5 Å². The molecule has 12 heteroatoms. The molecule has 9 nitrogen and oxygen atoms in total. The Labute approximate surface area is 259 Å². The van der Waals surface area contributed by atoms with E-state index in [1.54, 1.807) is 37.3 Å². The molecule has 0 fully saturated rings. The maximum Gasteiger partial charge on any atom is 0.341 e. The molecule has 1 amide bonds. The lowest BCUT2D eigenvalue weighted by Crippen LogP contribution is -2.40. The number of amides is 1. The first-order valence-electron chi connectivity index (χ1n) is 13.1. The number of benzene rings is 3. The molecule has 220 valence electrons. The molecule has 1 aromatic heterocycles. The fraction of sp³-hybridized carbons (Fsp3) is 0.161. The molecule has 1 atom stereocenters. The van der Waals surface area contributed by atoms with E-state index >= 15 is 0 Å². The Balaban J connectivity index is 1.61. The van der Waals surface area contributed by atoms with E-state index in [4.69, 9.17) is 37.8 Å². The Morgan fingerprint density at radius 1 is 1.07 bits per heavy atom. The first kappa shape index (κ1) is 30.1. The van der Waals surface area contributed by atoms with Crippen molar-refractivity contribution >= 4 is 58.2 Å². The molecule has 2 heterocycles. The van der Waals surface area contributed by atoms with Gasteiger partial charge in [0.1, 0.15) is 5.75 Å². The number of aliphatic carboxylic acids is 1. The number of halogens is 2. The number of carbonyl (C=O) groups is 2. The van der Waals surface area contributed by atoms with Crippen molar-refractivity contribution in [1.29, 1.82) is 0 Å². The van der Waals surface area contributed by atoms with Crippen molar-refractivity contribution in [2.75, 3.05) is 18.5 Å². The highest BCUT2D eigenvalue weighted by atomic mass is 35.5. The third kappa shape index (κ3) is 6.51. The summed E-state index contributed by atoms with van der Waals surface area (Å²) in [6.07, 6.45) is 1.61. The van der Waals surface area contributed by atoms with Gasteiger partial charge in [0.25, 0.3) is 11.5 Å². The Bertz CT molecular complexity index is 1890. The molecule has 0 bridgehead atoms. The van der Waals surface area contributed by atoms with Gasteiger partial charge in [-0.25, -0.2) is 9.79 Å². The highest BCUT2D eigenvalue weighted by Crippen LogP contribution is 2.35. The summed E-state index contributed by atoms with van der Waals surface area (Å²) in [6.45, 7) is 3.52. The van der Waals surface area contributed by atoms with Gasteiger partial charge in [0.15, 0.2) is 17.2 Å². The summed E-state index contributed by atoms with van der Waals surface area (Å²) in [6, 6.07) is 18.6. The van der Waals surface area contributed by atoms with E-state index in [9.17, 15) is 14.4 Å². The third-order valence-corrected chi connectivity index (χ3v) is 8.01. The van der Waals surface area contributed by atoms with E-state index < -0.39 is 18.6 Å². The van der Waals surface area contributed by atoms with Gasteiger partial charge in [-0.3, -0.25) is 14.2 Å². The number of rotatable bonds is 9. The number of allylic oxidation sites excluding steroid dienone is 1. The van der Waals surface area contributed by atoms with Crippen LogP contribution < -0.4 is 29.7 Å². The van der Waals surface area contributed by atoms with Crippen molar-refractivity contribution in [3.63, 3.8) is 0 Å². The van der Waals surface area contributed by atoms with E-state index in [1.165, 1.54) is 16.7 Å². The zero-order chi connectivity index (χ0) is 30.7. The number of nitrogens with one attached hydrogen (secondary N) is 1. The first-order chi connectivity index (χ1) is 20.7. The molecule has 1 aliphatic rings. The summed E-state index contributed by atoms with van der Waals surface area (Å²) in [5, 5.41) is 12.0. The summed E-state index contributed by atoms with van der Waals surface area (Å²) >= 11 is 13.8. The second-order valence-electron chi connectivity index (χ2n) is 9.40. The maximum absolute atomic E-state index is 14.0. The average molecular weight is 639 g/mol. The van der Waals surface area contributed by atoms with E-state index in [1.807, 2.05) is 37.3 Å². The van der Waals surface area contributed by atoms with Crippen molar-refractivity contribution in [2.24, 2.45) is 4.99 Å². The number of para-hydroxylation sites is 1. The van der Waals surface area contributed by atoms with E-state index in [0.29, 0.717) is 49.8 Å². The largest absolute Gasteiger partial charge is 0.494 e. The van der Waals surface area contributed by atoms with E-state index in [2.05, 4.69) is 10.3 Å². The Kier molecular flexibility index (Phi) is 9.00. The number of hydrogen-bond acceptors (Lipinski definition) is 7. The molecule has 0 spiro atoms. The molecular formula is C31H25Cl2N3O6S. The number of aromatic nitrogens is 1. The molecule has 2 N–H and O–H groups in total. The normalized spacial score (nSPS) is 14.6. The van der Waals surface area contributed by atoms with Crippen LogP contribution in [0.3, 0.4) is 0 Å². The standard InChI is InChI=1S/C31H25Cl2N3O6S/c1-3-41-21-11-9-19(10-12-21)27-26(29(39)35-20-7-5-4-6-8-20)17(2)34-31-36(27)30(40)24(43-31)15-18-13-22(32)28(23(33)14-18)42-16-25(37)38/h4-15,27H,3,16H2,1-2H3,(H,35,39)(H,37,38)/b24-15-/t27-/m1/s1. The number of nitrogens with zero attached hydrogens (tertiary/aromatic N) is 2. The second kappa shape index (κ2) is 12.9. The van der Waals surface area contributed by atoms with Crippen molar-refractivity contribution in [3.05, 3.63) is 119 Å². The molecule has 0 saturated carbocycles. The minimum absolute atomic E-state index is 0.0320. The molecule has 0 unspecified atom stereocenters. The molecule has 0 saturated heterocycles. The first-order valence-corrected chi connectivity index (χ1v) is 14.7. The molecular weight excluding hydrogens is 613 g/mol. The zero-order valence-corrected chi connectivity index (χ0v) is 25.3. The van der Waals surface area contributed by atoms with Gasteiger partial charge in [-0.05, 0) is 67.4 Å².